The van der Waals surface area contributed by atoms with E-state index in [0.717, 1.165) is 5.56 Å². The fourth-order valence-electron chi connectivity index (χ4n) is 4.12. The SMILES string of the molecule is COc1ccc(COc2c(OC)ccc3c2C[C@@H](C(=O)[O-])N(c2nc4ccc(F)cc4o2)C3)nc1.[K+]. The van der Waals surface area contributed by atoms with Crippen molar-refractivity contribution in [3.63, 3.8) is 0 Å². The number of hydrogen-bond donors (Lipinski definition) is 0. The normalized spacial score (nSPS) is 14.6. The summed E-state index contributed by atoms with van der Waals surface area (Å²) in [7, 11) is 3.08. The summed E-state index contributed by atoms with van der Waals surface area (Å²) in [6, 6.07) is 10.1. The Kier molecular flexibility index (Phi) is 8.15. The van der Waals surface area contributed by atoms with Crippen LogP contribution in [0.2, 0.25) is 0 Å². The van der Waals surface area contributed by atoms with Gasteiger partial charge < -0.3 is 33.4 Å². The number of carbonyl (C=O) groups is 1. The van der Waals surface area contributed by atoms with Crippen LogP contribution in [0.25, 0.3) is 11.1 Å². The summed E-state index contributed by atoms with van der Waals surface area (Å²) in [5, 5.41) is 12.1. The first-order valence-electron chi connectivity index (χ1n) is 10.8. The van der Waals surface area contributed by atoms with Crippen molar-refractivity contribution in [3.05, 3.63) is 71.3 Å². The standard InChI is InChI=1S/C25H22FN3O6.K/c1-32-17-6-5-16(27-11-17)13-34-23-18-10-20(24(30)31)29(12-14(18)3-8-21(23)33-2)25-28-19-7-4-15(26)9-22(19)35-25;/h3-9,11,20H,10,12-13H2,1-2H3,(H,30,31);/q;+1/p-1/t20-;/m0./s1. The number of halogens is 1. The first-order valence-corrected chi connectivity index (χ1v) is 10.8. The van der Waals surface area contributed by atoms with Gasteiger partial charge in [0.15, 0.2) is 17.1 Å². The molecule has 0 saturated heterocycles. The van der Waals surface area contributed by atoms with Crippen LogP contribution in [-0.4, -0.2) is 36.2 Å². The minimum absolute atomic E-state index is 0. The van der Waals surface area contributed by atoms with Gasteiger partial charge in [0.2, 0.25) is 0 Å². The number of aromatic nitrogens is 2. The number of carboxylic acid groups (broad SMARTS) is 1. The molecule has 0 amide bonds. The number of pyridine rings is 1. The number of rotatable bonds is 7. The predicted octanol–water partition coefficient (Wildman–Crippen LogP) is -0.357. The Morgan fingerprint density at radius 2 is 2.03 bits per heavy atom. The molecule has 180 valence electrons. The fraction of sp³-hybridized carbons (Fsp3) is 0.240. The van der Waals surface area contributed by atoms with Crippen molar-refractivity contribution in [1.82, 2.24) is 9.97 Å². The molecule has 2 aromatic heterocycles. The van der Waals surface area contributed by atoms with Gasteiger partial charge in [-0.25, -0.2) is 4.39 Å². The second-order valence-corrected chi connectivity index (χ2v) is 7.99. The third-order valence-electron chi connectivity index (χ3n) is 5.91. The molecule has 0 aliphatic carbocycles. The van der Waals surface area contributed by atoms with Crippen molar-refractivity contribution in [3.8, 4) is 17.2 Å². The number of fused-ring (bicyclic) bond motifs is 2. The van der Waals surface area contributed by atoms with Gasteiger partial charge in [-0.1, -0.05) is 6.07 Å². The van der Waals surface area contributed by atoms with E-state index in [4.69, 9.17) is 18.6 Å². The van der Waals surface area contributed by atoms with Crippen molar-refractivity contribution in [1.29, 1.82) is 0 Å². The number of ether oxygens (including phenoxy) is 3. The van der Waals surface area contributed by atoms with E-state index in [1.807, 2.05) is 6.07 Å². The molecule has 0 radical (unpaired) electrons. The van der Waals surface area contributed by atoms with E-state index >= 15 is 0 Å². The smallest absolute Gasteiger partial charge is 0.548 e. The van der Waals surface area contributed by atoms with Gasteiger partial charge in [-0.05, 0) is 35.9 Å². The Morgan fingerprint density at radius 3 is 2.72 bits per heavy atom. The zero-order valence-corrected chi connectivity index (χ0v) is 23.1. The van der Waals surface area contributed by atoms with E-state index in [-0.39, 0.29) is 82.6 Å². The van der Waals surface area contributed by atoms with Crippen LogP contribution in [0.4, 0.5) is 10.4 Å². The van der Waals surface area contributed by atoms with Crippen LogP contribution >= 0.6 is 0 Å². The molecule has 3 heterocycles. The predicted molar refractivity (Wildman–Crippen MR) is 121 cm³/mol. The number of aliphatic carboxylic acids is 1. The second-order valence-electron chi connectivity index (χ2n) is 7.99. The third-order valence-corrected chi connectivity index (χ3v) is 5.91. The Balaban J connectivity index is 0.00000304. The van der Waals surface area contributed by atoms with Gasteiger partial charge in [0.1, 0.15) is 23.7 Å². The van der Waals surface area contributed by atoms with Gasteiger partial charge in [0.25, 0.3) is 6.01 Å². The zero-order chi connectivity index (χ0) is 24.5. The summed E-state index contributed by atoms with van der Waals surface area (Å²) in [4.78, 5) is 22.3. The van der Waals surface area contributed by atoms with Crippen molar-refractivity contribution in [2.75, 3.05) is 19.1 Å². The molecule has 0 bridgehead atoms. The zero-order valence-electron chi connectivity index (χ0n) is 20.0. The largest absolute Gasteiger partial charge is 1.00 e. The molecule has 0 saturated carbocycles. The van der Waals surface area contributed by atoms with Crippen LogP contribution in [-0.2, 0) is 24.4 Å². The average molecular weight is 518 g/mol. The van der Waals surface area contributed by atoms with E-state index in [9.17, 15) is 14.3 Å². The van der Waals surface area contributed by atoms with Gasteiger partial charge in [0, 0.05) is 24.6 Å². The van der Waals surface area contributed by atoms with E-state index in [1.54, 1.807) is 31.5 Å². The molecule has 1 aliphatic rings. The Labute approximate surface area is 248 Å². The molecule has 0 N–H and O–H groups in total. The fourth-order valence-corrected chi connectivity index (χ4v) is 4.12. The second kappa shape index (κ2) is 11.1. The molecule has 9 nitrogen and oxygen atoms in total. The van der Waals surface area contributed by atoms with Crippen molar-refractivity contribution >= 4 is 23.1 Å². The van der Waals surface area contributed by atoms with Crippen LogP contribution in [0.3, 0.4) is 0 Å². The van der Waals surface area contributed by atoms with Gasteiger partial charge in [-0.3, -0.25) is 4.98 Å². The molecule has 0 unspecified atom stereocenters. The minimum Gasteiger partial charge on any atom is -0.548 e. The number of carbonyl (C=O) groups excluding carboxylic acids is 1. The van der Waals surface area contributed by atoms with E-state index < -0.39 is 17.8 Å². The van der Waals surface area contributed by atoms with Crippen LogP contribution in [0, 0.1) is 5.82 Å². The van der Waals surface area contributed by atoms with E-state index in [2.05, 4.69) is 9.97 Å². The maximum atomic E-state index is 13.6. The van der Waals surface area contributed by atoms with Crippen molar-refractivity contribution < 1.29 is 84.3 Å². The van der Waals surface area contributed by atoms with Crippen LogP contribution < -0.4 is 75.6 Å². The van der Waals surface area contributed by atoms with Crippen molar-refractivity contribution in [2.24, 2.45) is 0 Å². The first-order chi connectivity index (χ1) is 17.0. The maximum absolute atomic E-state index is 13.6. The molecule has 5 rings (SSSR count). The number of methoxy groups -OCH3 is 2. The Hall–Kier alpha value is -2.70. The Bertz CT molecular complexity index is 1390. The number of carboxylic acids is 1. The molecule has 4 aromatic rings. The summed E-state index contributed by atoms with van der Waals surface area (Å²) < 4.78 is 36.0. The first kappa shape index (κ1) is 26.4. The molecule has 1 atom stereocenters. The molecular weight excluding hydrogens is 496 g/mol. The number of hydrogen-bond acceptors (Lipinski definition) is 9. The van der Waals surface area contributed by atoms with Gasteiger partial charge in [-0.15, -0.1) is 0 Å². The van der Waals surface area contributed by atoms with E-state index in [1.165, 1.54) is 30.2 Å². The van der Waals surface area contributed by atoms with Gasteiger partial charge in [-0.2, -0.15) is 4.98 Å². The number of nitrogens with zero attached hydrogens (tertiary/aromatic N) is 3. The Morgan fingerprint density at radius 1 is 1.19 bits per heavy atom. The molecule has 1 aliphatic heterocycles. The number of anilines is 1. The molecular formula is C25H21FKN3O6. The summed E-state index contributed by atoms with van der Waals surface area (Å²) in [6.07, 6.45) is 1.65. The quantitative estimate of drug-likeness (QED) is 0.304. The molecule has 0 fully saturated rings. The van der Waals surface area contributed by atoms with Gasteiger partial charge in [0.05, 0.1) is 38.1 Å². The van der Waals surface area contributed by atoms with Crippen LogP contribution in [0.1, 0.15) is 16.8 Å². The van der Waals surface area contributed by atoms with Crippen molar-refractivity contribution in [2.45, 2.75) is 25.6 Å². The molecule has 11 heteroatoms. The van der Waals surface area contributed by atoms with Gasteiger partial charge >= 0.3 is 51.4 Å². The van der Waals surface area contributed by atoms with Crippen LogP contribution in [0.15, 0.2) is 53.1 Å². The summed E-state index contributed by atoms with van der Waals surface area (Å²) in [6.45, 7) is 0.317. The average Bonchev–Trinajstić information content (AvgIpc) is 3.29. The molecule has 36 heavy (non-hydrogen) atoms. The number of oxazole rings is 1. The molecule has 0 spiro atoms. The summed E-state index contributed by atoms with van der Waals surface area (Å²) in [5.74, 6) is -0.230. The maximum Gasteiger partial charge on any atom is 1.00 e. The topological polar surface area (TPSA) is 110 Å². The summed E-state index contributed by atoms with van der Waals surface area (Å²) in [5.41, 5.74) is 2.82. The monoisotopic (exact) mass is 517 g/mol. The van der Waals surface area contributed by atoms with E-state index in [0.29, 0.717) is 34.0 Å². The third kappa shape index (κ3) is 5.20. The van der Waals surface area contributed by atoms with Crippen LogP contribution in [0.5, 0.6) is 17.2 Å². The minimum atomic E-state index is -1.30. The molecule has 2 aromatic carbocycles. The number of benzene rings is 2. The summed E-state index contributed by atoms with van der Waals surface area (Å²) >= 11 is 0.